The largest absolute Gasteiger partial charge is 0.492 e. The van der Waals surface area contributed by atoms with E-state index in [4.69, 9.17) is 16.3 Å². The summed E-state index contributed by atoms with van der Waals surface area (Å²) in [4.78, 5) is 0. The molecule has 0 atom stereocenters. The first-order chi connectivity index (χ1) is 5.77. The van der Waals surface area contributed by atoms with Gasteiger partial charge in [0.15, 0.2) is 0 Å². The zero-order valence-electron chi connectivity index (χ0n) is 6.88. The smallest absolute Gasteiger partial charge is 0.137 e. The first kappa shape index (κ1) is 9.75. The van der Waals surface area contributed by atoms with Crippen LogP contribution in [0.4, 0.5) is 0 Å². The first-order valence-corrected chi connectivity index (χ1v) is 4.81. The molecule has 0 saturated carbocycles. The molecule has 3 heteroatoms. The van der Waals surface area contributed by atoms with Crippen LogP contribution in [0, 0.1) is 0 Å². The molecule has 0 aliphatic rings. The van der Waals surface area contributed by atoms with E-state index in [1.54, 1.807) is 0 Å². The van der Waals surface area contributed by atoms with Gasteiger partial charge in [-0.3, -0.25) is 0 Å². The second-order valence-corrected chi connectivity index (χ2v) is 3.08. The van der Waals surface area contributed by atoms with Crippen molar-refractivity contribution in [2.24, 2.45) is 0 Å². The fourth-order valence-corrected chi connectivity index (χ4v) is 1.37. The van der Waals surface area contributed by atoms with Crippen LogP contribution in [-0.2, 0) is 5.75 Å². The molecular formula is C9H11ClOS. The molecule has 0 aliphatic heterocycles. The summed E-state index contributed by atoms with van der Waals surface area (Å²) in [5.74, 6) is 1.44. The topological polar surface area (TPSA) is 9.23 Å². The van der Waals surface area contributed by atoms with E-state index in [2.05, 4.69) is 12.6 Å². The highest BCUT2D eigenvalue weighted by atomic mass is 35.5. The fourth-order valence-electron chi connectivity index (χ4n) is 0.915. The Bertz CT molecular complexity index is 263. The summed E-state index contributed by atoms with van der Waals surface area (Å²) < 4.78 is 5.28. The van der Waals surface area contributed by atoms with Gasteiger partial charge in [0.1, 0.15) is 5.75 Å². The summed E-state index contributed by atoms with van der Waals surface area (Å²) >= 11 is 10.1. The van der Waals surface area contributed by atoms with Gasteiger partial charge in [-0.15, -0.1) is 0 Å². The molecule has 1 rings (SSSR count). The molecule has 0 aliphatic carbocycles. The van der Waals surface area contributed by atoms with E-state index in [0.717, 1.165) is 11.3 Å². The number of thiol groups is 1. The van der Waals surface area contributed by atoms with Gasteiger partial charge >= 0.3 is 0 Å². The summed E-state index contributed by atoms with van der Waals surface area (Å²) in [5.41, 5.74) is 1.10. The van der Waals surface area contributed by atoms with Crippen molar-refractivity contribution in [3.8, 4) is 5.75 Å². The van der Waals surface area contributed by atoms with Gasteiger partial charge < -0.3 is 4.74 Å². The van der Waals surface area contributed by atoms with E-state index in [1.807, 2.05) is 25.1 Å². The van der Waals surface area contributed by atoms with Crippen molar-refractivity contribution in [3.63, 3.8) is 0 Å². The average molecular weight is 203 g/mol. The number of hydrogen-bond acceptors (Lipinski definition) is 2. The third-order valence-electron chi connectivity index (χ3n) is 1.48. The molecule has 0 heterocycles. The number of ether oxygens (including phenoxy) is 1. The lowest BCUT2D eigenvalue weighted by atomic mass is 10.2. The van der Waals surface area contributed by atoms with Crippen LogP contribution >= 0.6 is 24.2 Å². The van der Waals surface area contributed by atoms with E-state index in [1.165, 1.54) is 0 Å². The predicted octanol–water partition coefficient (Wildman–Crippen LogP) is 3.17. The Morgan fingerprint density at radius 1 is 1.50 bits per heavy atom. The lowest BCUT2D eigenvalue weighted by Crippen LogP contribution is -1.92. The number of rotatable bonds is 3. The van der Waals surface area contributed by atoms with Crippen LogP contribution in [0.15, 0.2) is 18.2 Å². The third kappa shape index (κ3) is 2.32. The molecule has 0 aromatic heterocycles. The summed E-state index contributed by atoms with van der Waals surface area (Å²) in [6.45, 7) is 2.57. The third-order valence-corrected chi connectivity index (χ3v) is 2.14. The summed E-state index contributed by atoms with van der Waals surface area (Å²) in [6, 6.07) is 5.71. The van der Waals surface area contributed by atoms with Crippen molar-refractivity contribution >= 4 is 24.2 Å². The van der Waals surface area contributed by atoms with Crippen molar-refractivity contribution in [1.82, 2.24) is 0 Å². The maximum atomic E-state index is 5.93. The van der Waals surface area contributed by atoms with Gasteiger partial charge in [0.2, 0.25) is 0 Å². The summed E-state index contributed by atoms with van der Waals surface area (Å²) in [7, 11) is 0. The Labute approximate surface area is 83.1 Å². The minimum atomic E-state index is 0.639. The van der Waals surface area contributed by atoms with E-state index in [9.17, 15) is 0 Å². The zero-order chi connectivity index (χ0) is 8.97. The van der Waals surface area contributed by atoms with Crippen molar-refractivity contribution in [1.29, 1.82) is 0 Å². The van der Waals surface area contributed by atoms with Gasteiger partial charge in [0, 0.05) is 5.75 Å². The van der Waals surface area contributed by atoms with Crippen LogP contribution in [-0.4, -0.2) is 6.61 Å². The standard InChI is InChI=1S/C9H11ClOS/c1-2-11-9-4-3-7(6-12)5-8(9)10/h3-5,12H,2,6H2,1H3. The van der Waals surface area contributed by atoms with Crippen LogP contribution in [0.2, 0.25) is 5.02 Å². The van der Waals surface area contributed by atoms with Crippen LogP contribution in [0.25, 0.3) is 0 Å². The van der Waals surface area contributed by atoms with Gasteiger partial charge in [-0.05, 0) is 24.6 Å². The maximum Gasteiger partial charge on any atom is 0.137 e. The molecule has 0 saturated heterocycles. The first-order valence-electron chi connectivity index (χ1n) is 3.80. The molecule has 0 radical (unpaired) electrons. The Hall–Kier alpha value is -0.340. The van der Waals surface area contributed by atoms with Gasteiger partial charge in [-0.2, -0.15) is 12.6 Å². The van der Waals surface area contributed by atoms with Gasteiger partial charge in [-0.1, -0.05) is 17.7 Å². The zero-order valence-corrected chi connectivity index (χ0v) is 8.53. The van der Waals surface area contributed by atoms with Crippen LogP contribution in [0.3, 0.4) is 0 Å². The minimum absolute atomic E-state index is 0.639. The SMILES string of the molecule is CCOc1ccc(CS)cc1Cl. The molecule has 0 amide bonds. The van der Waals surface area contributed by atoms with E-state index < -0.39 is 0 Å². The molecule has 12 heavy (non-hydrogen) atoms. The molecular weight excluding hydrogens is 192 g/mol. The quantitative estimate of drug-likeness (QED) is 0.741. The van der Waals surface area contributed by atoms with Crippen LogP contribution in [0.1, 0.15) is 12.5 Å². The number of halogens is 1. The minimum Gasteiger partial charge on any atom is -0.492 e. The second kappa shape index (κ2) is 4.63. The van der Waals surface area contributed by atoms with Crippen molar-refractivity contribution < 1.29 is 4.74 Å². The van der Waals surface area contributed by atoms with Gasteiger partial charge in [-0.25, -0.2) is 0 Å². The highest BCUT2D eigenvalue weighted by molar-refractivity contribution is 7.79. The average Bonchev–Trinajstić information content (AvgIpc) is 2.09. The molecule has 1 aromatic rings. The highest BCUT2D eigenvalue weighted by Gasteiger charge is 2.00. The van der Waals surface area contributed by atoms with Gasteiger partial charge in [0.05, 0.1) is 11.6 Å². The Kier molecular flexibility index (Phi) is 3.76. The Balaban J connectivity index is 2.87. The molecule has 0 spiro atoms. The summed E-state index contributed by atoms with van der Waals surface area (Å²) in [6.07, 6.45) is 0. The molecule has 1 aromatic carbocycles. The molecule has 0 bridgehead atoms. The van der Waals surface area contributed by atoms with Crippen molar-refractivity contribution in [2.45, 2.75) is 12.7 Å². The van der Waals surface area contributed by atoms with Crippen molar-refractivity contribution in [3.05, 3.63) is 28.8 Å². The molecule has 0 fully saturated rings. The lowest BCUT2D eigenvalue weighted by Gasteiger charge is -2.05. The predicted molar refractivity (Wildman–Crippen MR) is 55.3 cm³/mol. The van der Waals surface area contributed by atoms with E-state index in [-0.39, 0.29) is 0 Å². The second-order valence-electron chi connectivity index (χ2n) is 2.36. The van der Waals surface area contributed by atoms with Crippen LogP contribution < -0.4 is 4.74 Å². The van der Waals surface area contributed by atoms with E-state index >= 15 is 0 Å². The van der Waals surface area contributed by atoms with Gasteiger partial charge in [0.25, 0.3) is 0 Å². The lowest BCUT2D eigenvalue weighted by molar-refractivity contribution is 0.340. The van der Waals surface area contributed by atoms with Crippen molar-refractivity contribution in [2.75, 3.05) is 6.61 Å². The molecule has 0 unspecified atom stereocenters. The Morgan fingerprint density at radius 2 is 2.25 bits per heavy atom. The summed E-state index contributed by atoms with van der Waals surface area (Å²) in [5, 5.41) is 0.656. The molecule has 1 nitrogen and oxygen atoms in total. The normalized spacial score (nSPS) is 9.92. The highest BCUT2D eigenvalue weighted by Crippen LogP contribution is 2.25. The Morgan fingerprint density at radius 3 is 2.75 bits per heavy atom. The number of benzene rings is 1. The van der Waals surface area contributed by atoms with Crippen LogP contribution in [0.5, 0.6) is 5.75 Å². The monoisotopic (exact) mass is 202 g/mol. The maximum absolute atomic E-state index is 5.93. The fraction of sp³-hybridized carbons (Fsp3) is 0.333. The molecule has 0 N–H and O–H groups in total. The number of hydrogen-bond donors (Lipinski definition) is 1. The molecule has 66 valence electrons. The van der Waals surface area contributed by atoms with E-state index in [0.29, 0.717) is 17.4 Å².